The molecule has 0 bridgehead atoms. The molecular formula is C14H21ClN2O2S. The van der Waals surface area contributed by atoms with Crippen molar-refractivity contribution in [2.45, 2.75) is 17.4 Å². The zero-order valence-corrected chi connectivity index (χ0v) is 13.4. The highest BCUT2D eigenvalue weighted by Gasteiger charge is 2.19. The molecule has 1 amide bonds. The Morgan fingerprint density at radius 1 is 1.45 bits per heavy atom. The molecule has 1 aromatic rings. The Bertz CT molecular complexity index is 422. The van der Waals surface area contributed by atoms with Gasteiger partial charge in [-0.05, 0) is 30.5 Å². The first-order valence-electron chi connectivity index (χ1n) is 6.42. The highest BCUT2D eigenvalue weighted by molar-refractivity contribution is 7.98. The second-order valence-corrected chi connectivity index (χ2v) is 5.46. The van der Waals surface area contributed by atoms with Crippen molar-refractivity contribution in [3.8, 4) is 0 Å². The number of carbonyl (C=O) groups is 1. The van der Waals surface area contributed by atoms with Crippen molar-refractivity contribution >= 4 is 35.8 Å². The Morgan fingerprint density at radius 2 is 2.15 bits per heavy atom. The minimum absolute atomic E-state index is 0. The number of ether oxygens (including phenoxy) is 1. The molecule has 0 radical (unpaired) electrons. The number of carbonyl (C=O) groups excluding carboxylic acids is 1. The number of amides is 1. The molecule has 6 heteroatoms. The minimum Gasteiger partial charge on any atom is -0.378 e. The Kier molecular flexibility index (Phi) is 7.37. The van der Waals surface area contributed by atoms with E-state index in [9.17, 15) is 4.79 Å². The molecule has 0 saturated carbocycles. The first-order valence-corrected chi connectivity index (χ1v) is 7.65. The molecule has 1 N–H and O–H groups in total. The van der Waals surface area contributed by atoms with Gasteiger partial charge in [0, 0.05) is 36.6 Å². The van der Waals surface area contributed by atoms with E-state index in [0.717, 1.165) is 18.8 Å². The summed E-state index contributed by atoms with van der Waals surface area (Å²) in [6, 6.07) is 8.16. The van der Waals surface area contributed by atoms with Gasteiger partial charge in [0.05, 0.1) is 13.2 Å². The average molecular weight is 317 g/mol. The summed E-state index contributed by atoms with van der Waals surface area (Å²) in [6.07, 6.45) is 2.51. The van der Waals surface area contributed by atoms with Crippen LogP contribution in [0.15, 0.2) is 29.2 Å². The van der Waals surface area contributed by atoms with Crippen molar-refractivity contribution in [1.82, 2.24) is 5.32 Å². The Balaban J connectivity index is 0.00000200. The van der Waals surface area contributed by atoms with Crippen molar-refractivity contribution in [2.75, 3.05) is 38.0 Å². The van der Waals surface area contributed by atoms with Crippen LogP contribution in [-0.4, -0.2) is 45.0 Å². The van der Waals surface area contributed by atoms with Gasteiger partial charge in [-0.2, -0.15) is 0 Å². The number of hydrogen-bond acceptors (Lipinski definition) is 4. The van der Waals surface area contributed by atoms with E-state index >= 15 is 0 Å². The molecule has 1 atom stereocenters. The Labute approximate surface area is 130 Å². The largest absolute Gasteiger partial charge is 0.378 e. The van der Waals surface area contributed by atoms with Crippen LogP contribution in [-0.2, 0) is 9.53 Å². The fourth-order valence-electron chi connectivity index (χ4n) is 2.05. The molecule has 1 saturated heterocycles. The zero-order chi connectivity index (χ0) is 13.7. The standard InChI is InChI=1S/C14H20N2O2S.ClH/c1-16(12-3-5-13(19-2)6-4-12)14(17)9-11-10-18-8-7-15-11;/h3-6,11,15H,7-10H2,1-2H3;1H. The van der Waals surface area contributed by atoms with Gasteiger partial charge in [-0.3, -0.25) is 4.79 Å². The molecule has 0 aliphatic carbocycles. The summed E-state index contributed by atoms with van der Waals surface area (Å²) in [5.41, 5.74) is 0.930. The van der Waals surface area contributed by atoms with Crippen LogP contribution in [0.1, 0.15) is 6.42 Å². The molecule has 1 aromatic carbocycles. The lowest BCUT2D eigenvalue weighted by molar-refractivity contribution is -0.119. The fourth-order valence-corrected chi connectivity index (χ4v) is 2.46. The van der Waals surface area contributed by atoms with Crippen LogP contribution in [0.5, 0.6) is 0 Å². The van der Waals surface area contributed by atoms with Gasteiger partial charge in [0.2, 0.25) is 5.91 Å². The molecule has 112 valence electrons. The van der Waals surface area contributed by atoms with Crippen LogP contribution in [0.25, 0.3) is 0 Å². The predicted molar refractivity (Wildman–Crippen MR) is 86.1 cm³/mol. The van der Waals surface area contributed by atoms with E-state index in [1.807, 2.05) is 37.6 Å². The number of halogens is 1. The van der Waals surface area contributed by atoms with Crippen LogP contribution < -0.4 is 10.2 Å². The maximum absolute atomic E-state index is 12.2. The fraction of sp³-hybridized carbons (Fsp3) is 0.500. The molecule has 1 fully saturated rings. The number of hydrogen-bond donors (Lipinski definition) is 1. The summed E-state index contributed by atoms with van der Waals surface area (Å²) in [4.78, 5) is 15.1. The molecule has 1 aliphatic heterocycles. The lowest BCUT2D eigenvalue weighted by atomic mass is 10.1. The molecule has 20 heavy (non-hydrogen) atoms. The van der Waals surface area contributed by atoms with Crippen LogP contribution in [0.2, 0.25) is 0 Å². The quantitative estimate of drug-likeness (QED) is 0.865. The number of anilines is 1. The Morgan fingerprint density at radius 3 is 2.70 bits per heavy atom. The van der Waals surface area contributed by atoms with E-state index in [1.165, 1.54) is 4.90 Å². The van der Waals surface area contributed by atoms with E-state index in [-0.39, 0.29) is 24.4 Å². The first kappa shape index (κ1) is 17.3. The van der Waals surface area contributed by atoms with E-state index in [0.29, 0.717) is 13.0 Å². The van der Waals surface area contributed by atoms with E-state index < -0.39 is 0 Å². The maximum atomic E-state index is 12.2. The van der Waals surface area contributed by atoms with E-state index in [4.69, 9.17) is 4.74 Å². The first-order chi connectivity index (χ1) is 9.20. The van der Waals surface area contributed by atoms with Crippen LogP contribution in [0, 0.1) is 0 Å². The lowest BCUT2D eigenvalue weighted by Crippen LogP contribution is -2.44. The van der Waals surface area contributed by atoms with Gasteiger partial charge < -0.3 is 15.0 Å². The van der Waals surface area contributed by atoms with Gasteiger partial charge in [-0.25, -0.2) is 0 Å². The molecular weight excluding hydrogens is 296 g/mol. The second-order valence-electron chi connectivity index (χ2n) is 4.58. The van der Waals surface area contributed by atoms with Crippen molar-refractivity contribution in [3.05, 3.63) is 24.3 Å². The number of nitrogens with zero attached hydrogens (tertiary/aromatic N) is 1. The molecule has 2 rings (SSSR count). The summed E-state index contributed by atoms with van der Waals surface area (Å²) < 4.78 is 5.36. The van der Waals surface area contributed by atoms with Crippen LogP contribution in [0.4, 0.5) is 5.69 Å². The maximum Gasteiger partial charge on any atom is 0.228 e. The number of benzene rings is 1. The third kappa shape index (κ3) is 4.66. The number of morpholine rings is 1. The van der Waals surface area contributed by atoms with Crippen molar-refractivity contribution in [2.24, 2.45) is 0 Å². The monoisotopic (exact) mass is 316 g/mol. The van der Waals surface area contributed by atoms with Gasteiger partial charge in [0.25, 0.3) is 0 Å². The third-order valence-corrected chi connectivity index (χ3v) is 4.00. The molecule has 0 aromatic heterocycles. The minimum atomic E-state index is 0. The third-order valence-electron chi connectivity index (χ3n) is 3.25. The van der Waals surface area contributed by atoms with E-state index in [1.54, 1.807) is 16.7 Å². The van der Waals surface area contributed by atoms with Crippen LogP contribution >= 0.6 is 24.2 Å². The number of thioether (sulfide) groups is 1. The zero-order valence-electron chi connectivity index (χ0n) is 11.8. The van der Waals surface area contributed by atoms with Crippen LogP contribution in [0.3, 0.4) is 0 Å². The topological polar surface area (TPSA) is 41.6 Å². The SMILES string of the molecule is CSc1ccc(N(C)C(=O)CC2COCCN2)cc1.Cl. The summed E-state index contributed by atoms with van der Waals surface area (Å²) in [5, 5.41) is 3.30. The highest BCUT2D eigenvalue weighted by atomic mass is 35.5. The summed E-state index contributed by atoms with van der Waals surface area (Å²) in [5.74, 6) is 0.111. The second kappa shape index (κ2) is 8.52. The van der Waals surface area contributed by atoms with E-state index in [2.05, 4.69) is 5.32 Å². The summed E-state index contributed by atoms with van der Waals surface area (Å²) in [7, 11) is 1.82. The number of nitrogens with one attached hydrogen (secondary N) is 1. The smallest absolute Gasteiger partial charge is 0.228 e. The Hall–Kier alpha value is -0.750. The normalized spacial score (nSPS) is 18.2. The van der Waals surface area contributed by atoms with Crippen molar-refractivity contribution in [1.29, 1.82) is 0 Å². The van der Waals surface area contributed by atoms with Gasteiger partial charge in [-0.15, -0.1) is 24.2 Å². The van der Waals surface area contributed by atoms with Gasteiger partial charge >= 0.3 is 0 Å². The van der Waals surface area contributed by atoms with Gasteiger partial charge in [0.1, 0.15) is 0 Å². The van der Waals surface area contributed by atoms with Gasteiger partial charge in [0.15, 0.2) is 0 Å². The molecule has 4 nitrogen and oxygen atoms in total. The number of rotatable bonds is 4. The molecule has 1 aliphatic rings. The average Bonchev–Trinajstić information content (AvgIpc) is 2.47. The summed E-state index contributed by atoms with van der Waals surface area (Å²) in [6.45, 7) is 2.17. The molecule has 1 unspecified atom stereocenters. The van der Waals surface area contributed by atoms with Gasteiger partial charge in [-0.1, -0.05) is 0 Å². The molecule has 1 heterocycles. The predicted octanol–water partition coefficient (Wildman–Crippen LogP) is 2.17. The lowest BCUT2D eigenvalue weighted by Gasteiger charge is -2.25. The van der Waals surface area contributed by atoms with Crippen molar-refractivity contribution in [3.63, 3.8) is 0 Å². The highest BCUT2D eigenvalue weighted by Crippen LogP contribution is 2.20. The summed E-state index contributed by atoms with van der Waals surface area (Å²) >= 11 is 1.70. The van der Waals surface area contributed by atoms with Crippen molar-refractivity contribution < 1.29 is 9.53 Å². The molecule has 0 spiro atoms.